The molecular weight excluding hydrogens is 344 g/mol. The van der Waals surface area contributed by atoms with Crippen LogP contribution >= 0.6 is 23.1 Å². The lowest BCUT2D eigenvalue weighted by molar-refractivity contribution is 0.414. The van der Waals surface area contributed by atoms with Crippen molar-refractivity contribution in [3.63, 3.8) is 0 Å². The number of hydrogen-bond donors (Lipinski definition) is 0. The molecule has 1 aromatic carbocycles. The SMILES string of the molecule is COc1ccc2c(CSc3ncnc4sccc34)cc(=O)oc2c1. The monoisotopic (exact) mass is 356 g/mol. The van der Waals surface area contributed by atoms with Crippen molar-refractivity contribution >= 4 is 44.3 Å². The van der Waals surface area contributed by atoms with Gasteiger partial charge in [-0.1, -0.05) is 0 Å². The molecule has 7 heteroatoms. The number of thiophene rings is 1. The van der Waals surface area contributed by atoms with Crippen molar-refractivity contribution in [2.45, 2.75) is 10.8 Å². The first-order valence-electron chi connectivity index (χ1n) is 7.16. The molecule has 0 amide bonds. The van der Waals surface area contributed by atoms with Gasteiger partial charge in [-0.15, -0.1) is 23.1 Å². The van der Waals surface area contributed by atoms with Gasteiger partial charge in [0, 0.05) is 28.7 Å². The van der Waals surface area contributed by atoms with E-state index in [4.69, 9.17) is 9.15 Å². The third-order valence-corrected chi connectivity index (χ3v) is 5.50. The number of rotatable bonds is 4. The number of nitrogens with zero attached hydrogens (tertiary/aromatic N) is 2. The standard InChI is InChI=1S/C17H12N2O3S2/c1-21-11-2-3-12-10(6-15(20)22-14(12)7-11)8-24-17-13-4-5-23-16(13)18-9-19-17/h2-7,9H,8H2,1H3. The average molecular weight is 356 g/mol. The van der Waals surface area contributed by atoms with Gasteiger partial charge < -0.3 is 9.15 Å². The molecule has 3 aromatic heterocycles. The van der Waals surface area contributed by atoms with Crippen LogP contribution in [0.15, 0.2) is 56.3 Å². The zero-order chi connectivity index (χ0) is 16.5. The number of ether oxygens (including phenoxy) is 1. The third kappa shape index (κ3) is 2.76. The zero-order valence-corrected chi connectivity index (χ0v) is 14.3. The summed E-state index contributed by atoms with van der Waals surface area (Å²) in [7, 11) is 1.58. The summed E-state index contributed by atoms with van der Waals surface area (Å²) in [4.78, 5) is 21.4. The highest BCUT2D eigenvalue weighted by Crippen LogP contribution is 2.32. The molecule has 0 aliphatic rings. The van der Waals surface area contributed by atoms with Gasteiger partial charge in [0.05, 0.1) is 7.11 Å². The predicted octanol–water partition coefficient (Wildman–Crippen LogP) is 4.10. The molecule has 4 rings (SSSR count). The number of methoxy groups -OCH3 is 1. The van der Waals surface area contributed by atoms with Crippen LogP contribution in [0.5, 0.6) is 5.75 Å². The van der Waals surface area contributed by atoms with Crippen LogP contribution in [0, 0.1) is 0 Å². The van der Waals surface area contributed by atoms with Crippen LogP contribution in [-0.4, -0.2) is 17.1 Å². The second-order valence-electron chi connectivity index (χ2n) is 5.06. The van der Waals surface area contributed by atoms with Gasteiger partial charge in [0.15, 0.2) is 0 Å². The first kappa shape index (κ1) is 15.2. The van der Waals surface area contributed by atoms with E-state index in [0.717, 1.165) is 26.2 Å². The van der Waals surface area contributed by atoms with E-state index in [1.54, 1.807) is 42.6 Å². The fraction of sp³-hybridized carbons (Fsp3) is 0.118. The van der Waals surface area contributed by atoms with Crippen LogP contribution in [0.2, 0.25) is 0 Å². The van der Waals surface area contributed by atoms with Crippen LogP contribution in [-0.2, 0) is 5.75 Å². The van der Waals surface area contributed by atoms with Gasteiger partial charge in [-0.25, -0.2) is 14.8 Å². The molecule has 0 atom stereocenters. The molecule has 0 radical (unpaired) electrons. The minimum Gasteiger partial charge on any atom is -0.497 e. The first-order chi connectivity index (χ1) is 11.7. The fourth-order valence-corrected chi connectivity index (χ4v) is 4.26. The van der Waals surface area contributed by atoms with Crippen molar-refractivity contribution in [2.24, 2.45) is 0 Å². The number of benzene rings is 1. The van der Waals surface area contributed by atoms with E-state index in [1.807, 2.05) is 23.6 Å². The zero-order valence-electron chi connectivity index (χ0n) is 12.7. The van der Waals surface area contributed by atoms with Crippen LogP contribution in [0.3, 0.4) is 0 Å². The topological polar surface area (TPSA) is 65.2 Å². The normalized spacial score (nSPS) is 11.2. The number of aromatic nitrogens is 2. The number of hydrogen-bond acceptors (Lipinski definition) is 7. The molecule has 0 unspecified atom stereocenters. The lowest BCUT2D eigenvalue weighted by atomic mass is 10.1. The molecule has 120 valence electrons. The second kappa shape index (κ2) is 6.26. The maximum Gasteiger partial charge on any atom is 0.336 e. The Morgan fingerprint density at radius 1 is 1.21 bits per heavy atom. The highest BCUT2D eigenvalue weighted by Gasteiger charge is 2.10. The van der Waals surface area contributed by atoms with E-state index in [1.165, 1.54) is 6.07 Å². The van der Waals surface area contributed by atoms with Crippen LogP contribution < -0.4 is 10.4 Å². The minimum atomic E-state index is -0.366. The summed E-state index contributed by atoms with van der Waals surface area (Å²) in [5.41, 5.74) is 1.08. The maximum absolute atomic E-state index is 11.8. The van der Waals surface area contributed by atoms with Crippen molar-refractivity contribution < 1.29 is 9.15 Å². The van der Waals surface area contributed by atoms with Crippen molar-refractivity contribution in [1.29, 1.82) is 0 Å². The molecule has 5 nitrogen and oxygen atoms in total. The summed E-state index contributed by atoms with van der Waals surface area (Å²) in [5.74, 6) is 1.28. The fourth-order valence-electron chi connectivity index (χ4n) is 2.49. The molecule has 0 saturated carbocycles. The molecule has 0 fully saturated rings. The molecule has 0 spiro atoms. The van der Waals surface area contributed by atoms with Crippen molar-refractivity contribution in [3.05, 3.63) is 58.0 Å². The third-order valence-electron chi connectivity index (χ3n) is 3.63. The Hall–Kier alpha value is -2.38. The summed E-state index contributed by atoms with van der Waals surface area (Å²) >= 11 is 3.17. The van der Waals surface area contributed by atoms with E-state index in [-0.39, 0.29) is 5.63 Å². The first-order valence-corrected chi connectivity index (χ1v) is 9.03. The van der Waals surface area contributed by atoms with E-state index in [9.17, 15) is 4.79 Å². The van der Waals surface area contributed by atoms with Gasteiger partial charge in [-0.2, -0.15) is 0 Å². The largest absolute Gasteiger partial charge is 0.497 e. The van der Waals surface area contributed by atoms with Crippen molar-refractivity contribution in [2.75, 3.05) is 7.11 Å². The highest BCUT2D eigenvalue weighted by molar-refractivity contribution is 7.98. The Bertz CT molecular complexity index is 1090. The van der Waals surface area contributed by atoms with Gasteiger partial charge in [0.25, 0.3) is 0 Å². The highest BCUT2D eigenvalue weighted by atomic mass is 32.2. The minimum absolute atomic E-state index is 0.366. The lowest BCUT2D eigenvalue weighted by Gasteiger charge is -2.07. The Morgan fingerprint density at radius 3 is 3.00 bits per heavy atom. The van der Waals surface area contributed by atoms with Gasteiger partial charge in [-0.05, 0) is 29.1 Å². The average Bonchev–Trinajstić information content (AvgIpc) is 3.08. The van der Waals surface area contributed by atoms with Crippen molar-refractivity contribution in [1.82, 2.24) is 9.97 Å². The lowest BCUT2D eigenvalue weighted by Crippen LogP contribution is -2.00. The maximum atomic E-state index is 11.8. The van der Waals surface area contributed by atoms with Crippen LogP contribution in [0.4, 0.5) is 0 Å². The van der Waals surface area contributed by atoms with E-state index >= 15 is 0 Å². The molecule has 0 aliphatic heterocycles. The molecule has 4 aromatic rings. The molecule has 0 N–H and O–H groups in total. The molecule has 0 bridgehead atoms. The summed E-state index contributed by atoms with van der Waals surface area (Å²) in [6, 6.07) is 9.05. The van der Waals surface area contributed by atoms with Gasteiger partial charge in [-0.3, -0.25) is 0 Å². The number of fused-ring (bicyclic) bond motifs is 2. The Kier molecular flexibility index (Phi) is 3.95. The van der Waals surface area contributed by atoms with E-state index in [0.29, 0.717) is 17.1 Å². The van der Waals surface area contributed by atoms with Gasteiger partial charge in [0.2, 0.25) is 0 Å². The summed E-state index contributed by atoms with van der Waals surface area (Å²) in [6.07, 6.45) is 1.57. The summed E-state index contributed by atoms with van der Waals surface area (Å²) in [6.45, 7) is 0. The van der Waals surface area contributed by atoms with E-state index < -0.39 is 0 Å². The molecule has 0 saturated heterocycles. The second-order valence-corrected chi connectivity index (χ2v) is 6.92. The van der Waals surface area contributed by atoms with Gasteiger partial charge >= 0.3 is 5.63 Å². The van der Waals surface area contributed by atoms with Crippen LogP contribution in [0.1, 0.15) is 5.56 Å². The Morgan fingerprint density at radius 2 is 2.12 bits per heavy atom. The van der Waals surface area contributed by atoms with E-state index in [2.05, 4.69) is 9.97 Å². The van der Waals surface area contributed by atoms with Crippen molar-refractivity contribution in [3.8, 4) is 5.75 Å². The van der Waals surface area contributed by atoms with Gasteiger partial charge in [0.1, 0.15) is 27.5 Å². The Labute approximate surface area is 145 Å². The molecule has 0 aliphatic carbocycles. The van der Waals surface area contributed by atoms with Crippen LogP contribution in [0.25, 0.3) is 21.2 Å². The predicted molar refractivity (Wildman–Crippen MR) is 96.0 cm³/mol. The summed E-state index contributed by atoms with van der Waals surface area (Å²) in [5, 5.41) is 4.86. The summed E-state index contributed by atoms with van der Waals surface area (Å²) < 4.78 is 10.5. The molecule has 3 heterocycles. The molecule has 24 heavy (non-hydrogen) atoms. The quantitative estimate of drug-likeness (QED) is 0.312. The molecular formula is C17H12N2O3S2. The smallest absolute Gasteiger partial charge is 0.336 e. The number of thioether (sulfide) groups is 1. The Balaban J connectivity index is 1.72.